The Hall–Kier alpha value is -2.73. The van der Waals surface area contributed by atoms with E-state index in [4.69, 9.17) is 4.74 Å². The molecule has 0 unspecified atom stereocenters. The minimum Gasteiger partial charge on any atom is -0.423 e. The average molecular weight is 426 g/mol. The van der Waals surface area contributed by atoms with Crippen molar-refractivity contribution in [1.82, 2.24) is 0 Å². The molecule has 0 saturated carbocycles. The van der Waals surface area contributed by atoms with Crippen molar-refractivity contribution in [3.8, 4) is 5.75 Å². The molecule has 6 heteroatoms. The molecule has 1 aliphatic rings. The third-order valence-corrected chi connectivity index (χ3v) is 6.68. The van der Waals surface area contributed by atoms with E-state index in [2.05, 4.69) is 37.9 Å². The maximum absolute atomic E-state index is 12.1. The maximum atomic E-state index is 12.1. The number of nitrogens with zero attached hydrogens (tertiary/aromatic N) is 1. The predicted octanol–water partition coefficient (Wildman–Crippen LogP) is 4.21. The van der Waals surface area contributed by atoms with E-state index in [9.17, 15) is 13.2 Å². The molecule has 0 spiro atoms. The molecule has 0 amide bonds. The van der Waals surface area contributed by atoms with Gasteiger partial charge in [-0.2, -0.15) is 0 Å². The van der Waals surface area contributed by atoms with Crippen molar-refractivity contribution in [2.24, 2.45) is 4.99 Å². The number of sulfone groups is 1. The summed E-state index contributed by atoms with van der Waals surface area (Å²) in [4.78, 5) is 16.4. The summed E-state index contributed by atoms with van der Waals surface area (Å²) < 4.78 is 28.3. The third kappa shape index (κ3) is 6.39. The molecule has 1 saturated heterocycles. The minimum atomic E-state index is -2.93. The van der Waals surface area contributed by atoms with Crippen LogP contribution < -0.4 is 4.74 Å². The van der Waals surface area contributed by atoms with Crippen molar-refractivity contribution in [3.05, 3.63) is 71.3 Å². The Morgan fingerprint density at radius 2 is 1.67 bits per heavy atom. The topological polar surface area (TPSA) is 72.8 Å². The molecule has 0 aliphatic carbocycles. The fourth-order valence-corrected chi connectivity index (χ4v) is 4.75. The van der Waals surface area contributed by atoms with Crippen LogP contribution in [0, 0.1) is 0 Å². The summed E-state index contributed by atoms with van der Waals surface area (Å²) in [5, 5.41) is 0. The molecule has 5 nitrogen and oxygen atoms in total. The SMILES string of the molecule is CC(C)(C)c1ccc(/C=C/C(=O)Oc2ccc(C=N[C@H]3CCS(=O)(=O)C3)cc2)cc1. The van der Waals surface area contributed by atoms with Gasteiger partial charge < -0.3 is 4.74 Å². The molecule has 1 fully saturated rings. The highest BCUT2D eigenvalue weighted by molar-refractivity contribution is 7.91. The van der Waals surface area contributed by atoms with Crippen LogP contribution in [0.25, 0.3) is 6.08 Å². The Bertz CT molecular complexity index is 1040. The van der Waals surface area contributed by atoms with Crippen LogP contribution in [0.3, 0.4) is 0 Å². The van der Waals surface area contributed by atoms with E-state index in [1.54, 1.807) is 36.6 Å². The van der Waals surface area contributed by atoms with Gasteiger partial charge in [-0.15, -0.1) is 0 Å². The summed E-state index contributed by atoms with van der Waals surface area (Å²) in [6.07, 6.45) is 5.37. The second-order valence-corrected chi connectivity index (χ2v) is 10.8. The standard InChI is InChI=1S/C24H27NO4S/c1-24(2,3)20-9-4-18(5-10-20)8-13-23(26)29-22-11-6-19(7-12-22)16-25-21-14-15-30(27,28)17-21/h4-13,16,21H,14-15,17H2,1-3H3/b13-8+,25-16?/t21-/m0/s1. The zero-order chi connectivity index (χ0) is 21.8. The molecule has 0 radical (unpaired) electrons. The molecular formula is C24H27NO4S. The van der Waals surface area contributed by atoms with Crippen molar-refractivity contribution in [2.75, 3.05) is 11.5 Å². The molecule has 1 heterocycles. The van der Waals surface area contributed by atoms with Gasteiger partial charge in [0.05, 0.1) is 17.5 Å². The van der Waals surface area contributed by atoms with Crippen LogP contribution in [0.2, 0.25) is 0 Å². The smallest absolute Gasteiger partial charge is 0.336 e. The zero-order valence-electron chi connectivity index (χ0n) is 17.5. The molecular weight excluding hydrogens is 398 g/mol. The second kappa shape index (κ2) is 8.96. The van der Waals surface area contributed by atoms with Crippen molar-refractivity contribution >= 4 is 28.1 Å². The Morgan fingerprint density at radius 3 is 2.23 bits per heavy atom. The van der Waals surface area contributed by atoms with Crippen LogP contribution in [0.15, 0.2) is 59.6 Å². The van der Waals surface area contributed by atoms with Gasteiger partial charge in [-0.3, -0.25) is 4.99 Å². The Kier molecular flexibility index (Phi) is 6.56. The van der Waals surface area contributed by atoms with Crippen LogP contribution in [-0.4, -0.2) is 38.1 Å². The summed E-state index contributed by atoms with van der Waals surface area (Å²) in [6, 6.07) is 14.9. The molecule has 2 aromatic carbocycles. The molecule has 1 atom stereocenters. The molecule has 0 aromatic heterocycles. The summed E-state index contributed by atoms with van der Waals surface area (Å²) in [5.41, 5.74) is 3.08. The number of benzene rings is 2. The quantitative estimate of drug-likeness (QED) is 0.311. The van der Waals surface area contributed by atoms with E-state index in [1.807, 2.05) is 12.1 Å². The first-order valence-corrected chi connectivity index (χ1v) is 11.8. The highest BCUT2D eigenvalue weighted by Crippen LogP contribution is 2.22. The number of esters is 1. The lowest BCUT2D eigenvalue weighted by atomic mass is 9.87. The number of ether oxygens (including phenoxy) is 1. The summed E-state index contributed by atoms with van der Waals surface area (Å²) in [5.74, 6) is 0.309. The molecule has 1 aliphatic heterocycles. The summed E-state index contributed by atoms with van der Waals surface area (Å²) in [6.45, 7) is 6.47. The first-order chi connectivity index (χ1) is 14.1. The van der Waals surface area contributed by atoms with Crippen molar-refractivity contribution < 1.29 is 17.9 Å². The predicted molar refractivity (Wildman–Crippen MR) is 121 cm³/mol. The van der Waals surface area contributed by atoms with Crippen molar-refractivity contribution in [2.45, 2.75) is 38.6 Å². The zero-order valence-corrected chi connectivity index (χ0v) is 18.4. The van der Waals surface area contributed by atoms with E-state index in [0.29, 0.717) is 12.2 Å². The molecule has 2 aromatic rings. The first-order valence-electron chi connectivity index (χ1n) is 9.95. The molecule has 30 heavy (non-hydrogen) atoms. The summed E-state index contributed by atoms with van der Waals surface area (Å²) in [7, 11) is -2.93. The lowest BCUT2D eigenvalue weighted by Crippen LogP contribution is -2.10. The number of hydrogen-bond donors (Lipinski definition) is 0. The largest absolute Gasteiger partial charge is 0.423 e. The van der Waals surface area contributed by atoms with E-state index >= 15 is 0 Å². The summed E-state index contributed by atoms with van der Waals surface area (Å²) >= 11 is 0. The number of carbonyl (C=O) groups excluding carboxylic acids is 1. The maximum Gasteiger partial charge on any atom is 0.336 e. The van der Waals surface area contributed by atoms with Gasteiger partial charge in [0.1, 0.15) is 5.75 Å². The normalized spacial score (nSPS) is 18.8. The van der Waals surface area contributed by atoms with Gasteiger partial charge in [0, 0.05) is 12.3 Å². The van der Waals surface area contributed by atoms with E-state index < -0.39 is 15.8 Å². The molecule has 3 rings (SSSR count). The molecule has 158 valence electrons. The van der Waals surface area contributed by atoms with Gasteiger partial charge in [0.25, 0.3) is 0 Å². The highest BCUT2D eigenvalue weighted by atomic mass is 32.2. The van der Waals surface area contributed by atoms with Gasteiger partial charge in [-0.05, 0) is 58.9 Å². The number of aliphatic imine (C=N–C) groups is 1. The van der Waals surface area contributed by atoms with Gasteiger partial charge in [-0.25, -0.2) is 13.2 Å². The fraction of sp³-hybridized carbons (Fsp3) is 0.333. The monoisotopic (exact) mass is 425 g/mol. The lowest BCUT2D eigenvalue weighted by molar-refractivity contribution is -0.128. The Balaban J connectivity index is 1.53. The fourth-order valence-electron chi connectivity index (χ4n) is 3.12. The minimum absolute atomic E-state index is 0.0901. The van der Waals surface area contributed by atoms with E-state index in [-0.39, 0.29) is 23.0 Å². The number of carbonyl (C=O) groups is 1. The van der Waals surface area contributed by atoms with Gasteiger partial charge >= 0.3 is 5.97 Å². The van der Waals surface area contributed by atoms with Crippen LogP contribution in [0.1, 0.15) is 43.9 Å². The molecule has 0 N–H and O–H groups in total. The van der Waals surface area contributed by atoms with Crippen molar-refractivity contribution in [1.29, 1.82) is 0 Å². The Morgan fingerprint density at radius 1 is 1.03 bits per heavy atom. The van der Waals surface area contributed by atoms with Gasteiger partial charge in [0.2, 0.25) is 0 Å². The highest BCUT2D eigenvalue weighted by Gasteiger charge is 2.26. The van der Waals surface area contributed by atoms with Crippen LogP contribution >= 0.6 is 0 Å². The number of rotatable bonds is 5. The Labute approximate surface area is 178 Å². The van der Waals surface area contributed by atoms with Crippen molar-refractivity contribution in [3.63, 3.8) is 0 Å². The van der Waals surface area contributed by atoms with Gasteiger partial charge in [0.15, 0.2) is 9.84 Å². The van der Waals surface area contributed by atoms with Crippen LogP contribution in [0.4, 0.5) is 0 Å². The number of hydrogen-bond acceptors (Lipinski definition) is 5. The van der Waals surface area contributed by atoms with E-state index in [0.717, 1.165) is 11.1 Å². The van der Waals surface area contributed by atoms with Gasteiger partial charge in [-0.1, -0.05) is 45.0 Å². The van der Waals surface area contributed by atoms with E-state index in [1.165, 1.54) is 11.6 Å². The second-order valence-electron chi connectivity index (χ2n) is 8.53. The first kappa shape index (κ1) is 22.0. The van der Waals surface area contributed by atoms with Crippen LogP contribution in [0.5, 0.6) is 5.75 Å². The average Bonchev–Trinajstić information content (AvgIpc) is 3.04. The van der Waals surface area contributed by atoms with Crippen LogP contribution in [-0.2, 0) is 20.0 Å². The lowest BCUT2D eigenvalue weighted by Gasteiger charge is -2.18. The third-order valence-electron chi connectivity index (χ3n) is 4.93. The molecule has 0 bridgehead atoms.